The van der Waals surface area contributed by atoms with Gasteiger partial charge in [0.15, 0.2) is 0 Å². The van der Waals surface area contributed by atoms with E-state index in [1.165, 1.54) is 70.1 Å². The van der Waals surface area contributed by atoms with Gasteiger partial charge in [0.25, 0.3) is 0 Å². The summed E-state index contributed by atoms with van der Waals surface area (Å²) >= 11 is 0. The highest BCUT2D eigenvalue weighted by atomic mass is 19.1. The van der Waals surface area contributed by atoms with Gasteiger partial charge in [-0.1, -0.05) is 31.4 Å². The summed E-state index contributed by atoms with van der Waals surface area (Å²) in [5, 5.41) is 0. The van der Waals surface area contributed by atoms with Crippen LogP contribution in [0, 0.1) is 17.7 Å². The van der Waals surface area contributed by atoms with E-state index < -0.39 is 0 Å². The summed E-state index contributed by atoms with van der Waals surface area (Å²) in [6.07, 6.45) is 11.0. The second-order valence-corrected chi connectivity index (χ2v) is 7.10. The van der Waals surface area contributed by atoms with Crippen molar-refractivity contribution >= 4 is 0 Å². The quantitative estimate of drug-likeness (QED) is 0.779. The maximum Gasteiger partial charge on any atom is 0.123 e. The lowest BCUT2D eigenvalue weighted by Gasteiger charge is -2.36. The third-order valence-electron chi connectivity index (χ3n) is 5.28. The van der Waals surface area contributed by atoms with Crippen LogP contribution < -0.4 is 0 Å². The lowest BCUT2D eigenvalue weighted by Crippen LogP contribution is -2.39. The van der Waals surface area contributed by atoms with Crippen molar-refractivity contribution in [3.63, 3.8) is 0 Å². The van der Waals surface area contributed by atoms with E-state index in [9.17, 15) is 4.39 Å². The van der Waals surface area contributed by atoms with Gasteiger partial charge in [0.2, 0.25) is 0 Å². The van der Waals surface area contributed by atoms with Gasteiger partial charge < -0.3 is 4.90 Å². The Morgan fingerprint density at radius 3 is 2.38 bits per heavy atom. The zero-order chi connectivity index (χ0) is 14.5. The Hall–Kier alpha value is -0.890. The molecule has 0 aromatic heterocycles. The Kier molecular flexibility index (Phi) is 5.29. The number of likely N-dealkylation sites (tertiary alicyclic amines) is 1. The topological polar surface area (TPSA) is 3.24 Å². The zero-order valence-corrected chi connectivity index (χ0v) is 13.1. The van der Waals surface area contributed by atoms with Crippen LogP contribution in [0.5, 0.6) is 0 Å². The molecule has 1 saturated carbocycles. The zero-order valence-electron chi connectivity index (χ0n) is 13.1. The molecule has 0 radical (unpaired) electrons. The van der Waals surface area contributed by atoms with E-state index in [2.05, 4.69) is 4.90 Å². The molecule has 116 valence electrons. The number of hydrogen-bond donors (Lipinski definition) is 0. The van der Waals surface area contributed by atoms with E-state index in [1.807, 2.05) is 12.1 Å². The second kappa shape index (κ2) is 7.40. The number of benzene rings is 1. The van der Waals surface area contributed by atoms with E-state index >= 15 is 0 Å². The molecule has 2 heteroatoms. The van der Waals surface area contributed by atoms with Gasteiger partial charge in [0, 0.05) is 13.1 Å². The van der Waals surface area contributed by atoms with E-state index in [0.29, 0.717) is 0 Å². The number of halogens is 1. The summed E-state index contributed by atoms with van der Waals surface area (Å²) in [7, 11) is 0. The van der Waals surface area contributed by atoms with Gasteiger partial charge in [-0.05, 0) is 68.2 Å². The molecule has 0 spiro atoms. The Labute approximate surface area is 128 Å². The first-order chi connectivity index (χ1) is 10.3. The van der Waals surface area contributed by atoms with Crippen LogP contribution in [0.25, 0.3) is 0 Å². The van der Waals surface area contributed by atoms with Crippen molar-refractivity contribution in [2.75, 3.05) is 19.6 Å². The van der Waals surface area contributed by atoms with Crippen LogP contribution in [0.2, 0.25) is 0 Å². The average Bonchev–Trinajstić information content (AvgIpc) is 2.51. The van der Waals surface area contributed by atoms with Crippen molar-refractivity contribution in [3.05, 3.63) is 35.6 Å². The molecular weight excluding hydrogens is 261 g/mol. The van der Waals surface area contributed by atoms with Crippen molar-refractivity contribution in [2.24, 2.45) is 11.8 Å². The van der Waals surface area contributed by atoms with Gasteiger partial charge >= 0.3 is 0 Å². The van der Waals surface area contributed by atoms with Gasteiger partial charge in [-0.3, -0.25) is 0 Å². The molecule has 1 aromatic rings. The highest BCUT2D eigenvalue weighted by Gasteiger charge is 2.23. The highest BCUT2D eigenvalue weighted by molar-refractivity contribution is 5.16. The molecule has 21 heavy (non-hydrogen) atoms. The van der Waals surface area contributed by atoms with Crippen LogP contribution in [0.4, 0.5) is 4.39 Å². The number of nitrogens with zero attached hydrogens (tertiary/aromatic N) is 1. The predicted octanol–water partition coefficient (Wildman–Crippen LogP) is 4.66. The first-order valence-electron chi connectivity index (χ1n) is 8.76. The molecule has 1 atom stereocenters. The maximum atomic E-state index is 13.0. The van der Waals surface area contributed by atoms with Crippen LogP contribution >= 0.6 is 0 Å². The summed E-state index contributed by atoms with van der Waals surface area (Å²) in [5.74, 6) is 1.58. The lowest BCUT2D eigenvalue weighted by atomic mass is 9.87. The Morgan fingerprint density at radius 1 is 0.905 bits per heavy atom. The van der Waals surface area contributed by atoms with E-state index in [4.69, 9.17) is 0 Å². The van der Waals surface area contributed by atoms with Crippen molar-refractivity contribution in [1.29, 1.82) is 0 Å². The first-order valence-corrected chi connectivity index (χ1v) is 8.76. The van der Waals surface area contributed by atoms with E-state index in [-0.39, 0.29) is 5.82 Å². The molecule has 2 fully saturated rings. The number of piperidine rings is 1. The van der Waals surface area contributed by atoms with Crippen LogP contribution in [-0.2, 0) is 6.42 Å². The highest BCUT2D eigenvalue weighted by Crippen LogP contribution is 2.27. The van der Waals surface area contributed by atoms with Crippen molar-refractivity contribution in [1.82, 2.24) is 4.90 Å². The summed E-state index contributed by atoms with van der Waals surface area (Å²) in [6.45, 7) is 3.85. The number of rotatable bonds is 4. The van der Waals surface area contributed by atoms with Crippen molar-refractivity contribution < 1.29 is 4.39 Å². The Balaban J connectivity index is 1.49. The molecule has 3 rings (SSSR count). The molecule has 1 aliphatic heterocycles. The monoisotopic (exact) mass is 289 g/mol. The predicted molar refractivity (Wildman–Crippen MR) is 85.8 cm³/mol. The van der Waals surface area contributed by atoms with Gasteiger partial charge in [-0.25, -0.2) is 4.39 Å². The Bertz CT molecular complexity index is 422. The fourth-order valence-corrected chi connectivity index (χ4v) is 4.17. The fourth-order valence-electron chi connectivity index (χ4n) is 4.17. The standard InChI is InChI=1S/C19H28FN/c20-19-10-8-16(9-11-19)13-18-7-4-12-21(15-18)14-17-5-2-1-3-6-17/h8-11,17-18H,1-7,12-15H2/t18-/m0/s1. The molecule has 1 nitrogen and oxygen atoms in total. The molecule has 1 aromatic carbocycles. The molecule has 1 heterocycles. The fraction of sp³-hybridized carbons (Fsp3) is 0.684. The minimum absolute atomic E-state index is 0.124. The molecule has 2 aliphatic rings. The van der Waals surface area contributed by atoms with E-state index in [1.54, 1.807) is 12.1 Å². The smallest absolute Gasteiger partial charge is 0.123 e. The lowest BCUT2D eigenvalue weighted by molar-refractivity contribution is 0.137. The SMILES string of the molecule is Fc1ccc(C[C@@H]2CCCN(CC3CCCCC3)C2)cc1. The summed E-state index contributed by atoms with van der Waals surface area (Å²) in [6, 6.07) is 7.10. The van der Waals surface area contributed by atoms with Crippen LogP contribution in [0.3, 0.4) is 0 Å². The normalized spacial score (nSPS) is 25.1. The third kappa shape index (κ3) is 4.54. The van der Waals surface area contributed by atoms with Crippen LogP contribution in [0.1, 0.15) is 50.5 Å². The van der Waals surface area contributed by atoms with E-state index in [0.717, 1.165) is 18.3 Å². The molecule has 0 bridgehead atoms. The third-order valence-corrected chi connectivity index (χ3v) is 5.28. The molecule has 0 amide bonds. The van der Waals surface area contributed by atoms with Crippen molar-refractivity contribution in [3.8, 4) is 0 Å². The summed E-state index contributed by atoms with van der Waals surface area (Å²) in [4.78, 5) is 2.70. The van der Waals surface area contributed by atoms with Gasteiger partial charge in [-0.15, -0.1) is 0 Å². The maximum absolute atomic E-state index is 13.0. The molecular formula is C19H28FN. The minimum atomic E-state index is -0.124. The minimum Gasteiger partial charge on any atom is -0.303 e. The Morgan fingerprint density at radius 2 is 1.62 bits per heavy atom. The molecule has 0 N–H and O–H groups in total. The molecule has 0 unspecified atom stereocenters. The first kappa shape index (κ1) is 15.0. The largest absolute Gasteiger partial charge is 0.303 e. The summed E-state index contributed by atoms with van der Waals surface area (Å²) in [5.41, 5.74) is 1.29. The van der Waals surface area contributed by atoms with Crippen molar-refractivity contribution in [2.45, 2.75) is 51.4 Å². The summed E-state index contributed by atoms with van der Waals surface area (Å²) < 4.78 is 13.0. The number of hydrogen-bond acceptors (Lipinski definition) is 1. The van der Waals surface area contributed by atoms with Crippen LogP contribution in [-0.4, -0.2) is 24.5 Å². The van der Waals surface area contributed by atoms with Gasteiger partial charge in [0.05, 0.1) is 0 Å². The van der Waals surface area contributed by atoms with Crippen LogP contribution in [0.15, 0.2) is 24.3 Å². The average molecular weight is 289 g/mol. The molecule has 1 aliphatic carbocycles. The van der Waals surface area contributed by atoms with Gasteiger partial charge in [0.1, 0.15) is 5.82 Å². The second-order valence-electron chi connectivity index (χ2n) is 7.10. The van der Waals surface area contributed by atoms with Gasteiger partial charge in [-0.2, -0.15) is 0 Å². The molecule has 1 saturated heterocycles.